The number of allylic oxidation sites excluding steroid dienone is 1. The second-order valence-electron chi connectivity index (χ2n) is 3.71. The Kier molecular flexibility index (Phi) is 2.87. The molecule has 102 valence electrons. The first kappa shape index (κ1) is 13.5. The fourth-order valence-electron chi connectivity index (χ4n) is 1.52. The van der Waals surface area contributed by atoms with E-state index in [0.717, 1.165) is 12.3 Å². The zero-order chi connectivity index (χ0) is 14.3. The second kappa shape index (κ2) is 4.04. The molecular formula is C10H5F6N3. The van der Waals surface area contributed by atoms with E-state index in [0.29, 0.717) is 0 Å². The lowest BCUT2D eigenvalue weighted by Gasteiger charge is -2.24. The SMILES string of the molecule is FC(F)(F)C1=CC(c2ccccn2)(C(F)(F)F)N=N1. The van der Waals surface area contributed by atoms with Crippen molar-refractivity contribution in [2.24, 2.45) is 10.2 Å². The third-order valence-corrected chi connectivity index (χ3v) is 2.44. The third-order valence-electron chi connectivity index (χ3n) is 2.44. The van der Waals surface area contributed by atoms with Crippen LogP contribution in [0.5, 0.6) is 0 Å². The standard InChI is InChI=1S/C10H5F6N3/c11-9(12,13)7-5-8(19-18-7,10(14,15)16)6-3-1-2-4-17-6/h1-5H. The van der Waals surface area contributed by atoms with Gasteiger partial charge in [0.2, 0.25) is 5.54 Å². The van der Waals surface area contributed by atoms with E-state index in [1.807, 2.05) is 0 Å². The van der Waals surface area contributed by atoms with Crippen molar-refractivity contribution in [3.05, 3.63) is 41.9 Å². The largest absolute Gasteiger partial charge is 0.434 e. The van der Waals surface area contributed by atoms with E-state index >= 15 is 0 Å². The Labute approximate surface area is 102 Å². The number of alkyl halides is 6. The lowest BCUT2D eigenvalue weighted by molar-refractivity contribution is -0.175. The molecule has 0 spiro atoms. The zero-order valence-corrected chi connectivity index (χ0v) is 9.00. The molecule has 0 radical (unpaired) electrons. The molecule has 1 aromatic heterocycles. The van der Waals surface area contributed by atoms with Crippen LogP contribution in [-0.2, 0) is 5.54 Å². The highest BCUT2D eigenvalue weighted by Gasteiger charge is 2.60. The maximum absolute atomic E-state index is 13.1. The van der Waals surface area contributed by atoms with Crippen LogP contribution in [0.2, 0.25) is 0 Å². The summed E-state index contributed by atoms with van der Waals surface area (Å²) in [6, 6.07) is 3.52. The summed E-state index contributed by atoms with van der Waals surface area (Å²) in [4.78, 5) is 3.43. The summed E-state index contributed by atoms with van der Waals surface area (Å²) >= 11 is 0. The van der Waals surface area contributed by atoms with Gasteiger partial charge in [0.1, 0.15) is 0 Å². The Bertz CT molecular complexity index is 530. The Morgan fingerprint density at radius 2 is 1.68 bits per heavy atom. The van der Waals surface area contributed by atoms with Crippen molar-refractivity contribution >= 4 is 0 Å². The minimum Gasteiger partial charge on any atom is -0.258 e. The smallest absolute Gasteiger partial charge is 0.258 e. The Morgan fingerprint density at radius 1 is 1.00 bits per heavy atom. The van der Waals surface area contributed by atoms with E-state index in [-0.39, 0.29) is 6.08 Å². The van der Waals surface area contributed by atoms with Gasteiger partial charge < -0.3 is 0 Å². The first-order valence-corrected chi connectivity index (χ1v) is 4.88. The maximum Gasteiger partial charge on any atom is 0.434 e. The summed E-state index contributed by atoms with van der Waals surface area (Å²) in [5, 5.41) is 5.39. The van der Waals surface area contributed by atoms with Crippen LogP contribution in [0.15, 0.2) is 46.4 Å². The number of halogens is 6. The molecule has 0 saturated heterocycles. The number of azo groups is 1. The van der Waals surface area contributed by atoms with Crippen molar-refractivity contribution in [2.75, 3.05) is 0 Å². The average Bonchev–Trinajstić information content (AvgIpc) is 2.75. The summed E-state index contributed by atoms with van der Waals surface area (Å²) in [7, 11) is 0. The monoisotopic (exact) mass is 281 g/mol. The van der Waals surface area contributed by atoms with E-state index in [1.54, 1.807) is 0 Å². The van der Waals surface area contributed by atoms with E-state index in [9.17, 15) is 26.3 Å². The first-order valence-electron chi connectivity index (χ1n) is 4.88. The lowest BCUT2D eigenvalue weighted by atomic mass is 9.94. The maximum atomic E-state index is 13.1. The van der Waals surface area contributed by atoms with Crippen LogP contribution < -0.4 is 0 Å². The Balaban J connectivity index is 2.59. The third kappa shape index (κ3) is 2.20. The van der Waals surface area contributed by atoms with Gasteiger partial charge in [0.05, 0.1) is 5.69 Å². The summed E-state index contributed by atoms with van der Waals surface area (Å²) < 4.78 is 76.4. The minimum atomic E-state index is -5.07. The van der Waals surface area contributed by atoms with Crippen LogP contribution in [0.4, 0.5) is 26.3 Å². The Hall–Kier alpha value is -1.93. The Morgan fingerprint density at radius 3 is 2.11 bits per heavy atom. The summed E-state index contributed by atoms with van der Waals surface area (Å²) in [6.07, 6.45) is -9.09. The van der Waals surface area contributed by atoms with E-state index in [2.05, 4.69) is 15.2 Å². The molecule has 1 aliphatic rings. The van der Waals surface area contributed by atoms with Crippen molar-refractivity contribution in [3.63, 3.8) is 0 Å². The van der Waals surface area contributed by atoms with E-state index in [4.69, 9.17) is 0 Å². The topological polar surface area (TPSA) is 37.6 Å². The molecule has 0 aliphatic carbocycles. The number of rotatable bonds is 1. The van der Waals surface area contributed by atoms with Gasteiger partial charge in [-0.25, -0.2) is 0 Å². The van der Waals surface area contributed by atoms with Crippen molar-refractivity contribution < 1.29 is 26.3 Å². The van der Waals surface area contributed by atoms with Crippen LogP contribution in [0.3, 0.4) is 0 Å². The molecule has 0 aromatic carbocycles. The molecule has 2 heterocycles. The fraction of sp³-hybridized carbons (Fsp3) is 0.300. The molecule has 9 heteroatoms. The first-order chi connectivity index (χ1) is 8.67. The summed E-state index contributed by atoms with van der Waals surface area (Å²) in [5.41, 5.74) is -5.53. The zero-order valence-electron chi connectivity index (χ0n) is 9.00. The average molecular weight is 281 g/mol. The minimum absolute atomic E-state index is 0.0602. The van der Waals surface area contributed by atoms with Crippen molar-refractivity contribution in [2.45, 2.75) is 17.9 Å². The molecule has 1 atom stereocenters. The number of aromatic nitrogens is 1. The van der Waals surface area contributed by atoms with Crippen LogP contribution in [-0.4, -0.2) is 17.3 Å². The highest BCUT2D eigenvalue weighted by Crippen LogP contribution is 2.49. The molecule has 0 bridgehead atoms. The van der Waals surface area contributed by atoms with Crippen molar-refractivity contribution in [3.8, 4) is 0 Å². The predicted octanol–water partition coefficient (Wildman–Crippen LogP) is 3.75. The molecule has 1 unspecified atom stereocenters. The van der Waals surface area contributed by atoms with Gasteiger partial charge in [-0.2, -0.15) is 31.5 Å². The van der Waals surface area contributed by atoms with Crippen LogP contribution in [0, 0.1) is 0 Å². The molecule has 3 nitrogen and oxygen atoms in total. The number of hydrogen-bond donors (Lipinski definition) is 0. The summed E-state index contributed by atoms with van der Waals surface area (Å²) in [6.45, 7) is 0. The molecule has 2 rings (SSSR count). The van der Waals surface area contributed by atoms with Gasteiger partial charge in [-0.1, -0.05) is 6.07 Å². The van der Waals surface area contributed by atoms with E-state index < -0.39 is 29.3 Å². The van der Waals surface area contributed by atoms with Crippen LogP contribution >= 0.6 is 0 Å². The molecule has 0 fully saturated rings. The van der Waals surface area contributed by atoms with Crippen LogP contribution in [0.1, 0.15) is 5.69 Å². The van der Waals surface area contributed by atoms with Gasteiger partial charge >= 0.3 is 12.4 Å². The van der Waals surface area contributed by atoms with Crippen molar-refractivity contribution in [1.82, 2.24) is 4.98 Å². The fourth-order valence-corrected chi connectivity index (χ4v) is 1.52. The van der Waals surface area contributed by atoms with Gasteiger partial charge in [-0.05, 0) is 18.2 Å². The highest BCUT2D eigenvalue weighted by molar-refractivity contribution is 5.33. The molecule has 0 saturated carbocycles. The molecule has 1 aliphatic heterocycles. The molecule has 0 amide bonds. The number of nitrogens with zero attached hydrogens (tertiary/aromatic N) is 3. The quantitative estimate of drug-likeness (QED) is 0.722. The lowest BCUT2D eigenvalue weighted by Crippen LogP contribution is -2.38. The van der Waals surface area contributed by atoms with E-state index in [1.165, 1.54) is 12.1 Å². The molecule has 0 N–H and O–H groups in total. The van der Waals surface area contributed by atoms with Crippen molar-refractivity contribution in [1.29, 1.82) is 0 Å². The normalized spacial score (nSPS) is 23.6. The van der Waals surface area contributed by atoms with Crippen LogP contribution in [0.25, 0.3) is 0 Å². The molecule has 19 heavy (non-hydrogen) atoms. The number of pyridine rings is 1. The number of hydrogen-bond acceptors (Lipinski definition) is 3. The second-order valence-corrected chi connectivity index (χ2v) is 3.71. The predicted molar refractivity (Wildman–Crippen MR) is 51.0 cm³/mol. The summed E-state index contributed by atoms with van der Waals surface area (Å²) in [5.74, 6) is 0. The molecular weight excluding hydrogens is 276 g/mol. The van der Waals surface area contributed by atoms with Gasteiger partial charge in [0, 0.05) is 6.20 Å². The molecule has 1 aromatic rings. The van der Waals surface area contributed by atoms with Gasteiger partial charge in [0.15, 0.2) is 5.70 Å². The van der Waals surface area contributed by atoms with Gasteiger partial charge in [-0.15, -0.1) is 5.11 Å². The van der Waals surface area contributed by atoms with Gasteiger partial charge in [-0.3, -0.25) is 4.98 Å². The highest BCUT2D eigenvalue weighted by atomic mass is 19.4. The van der Waals surface area contributed by atoms with Gasteiger partial charge in [0.25, 0.3) is 0 Å².